The summed E-state index contributed by atoms with van der Waals surface area (Å²) < 4.78 is 53.7. The molecule has 0 saturated heterocycles. The van der Waals surface area contributed by atoms with Crippen molar-refractivity contribution in [3.8, 4) is 0 Å². The van der Waals surface area contributed by atoms with E-state index in [0.717, 1.165) is 38.5 Å². The van der Waals surface area contributed by atoms with E-state index in [9.17, 15) is 16.8 Å². The number of hydrogen-bond acceptors (Lipinski definition) is 5. The van der Waals surface area contributed by atoms with E-state index in [1.54, 1.807) is 0 Å². The maximum absolute atomic E-state index is 13.1. The topological polar surface area (TPSA) is 68.3 Å². The molecule has 0 N–H and O–H groups in total. The summed E-state index contributed by atoms with van der Waals surface area (Å²) in [5, 5.41) is 0. The monoisotopic (exact) mass is 744 g/mol. The lowest BCUT2D eigenvalue weighted by Crippen LogP contribution is -2.15. The molecule has 0 bridgehead atoms. The summed E-state index contributed by atoms with van der Waals surface area (Å²) >= 11 is 5.27. The molecule has 0 radical (unpaired) electrons. The van der Waals surface area contributed by atoms with Gasteiger partial charge >= 0.3 is 0 Å². The highest BCUT2D eigenvalue weighted by Gasteiger charge is 2.33. The van der Waals surface area contributed by atoms with Gasteiger partial charge in [-0.05, 0) is 58.0 Å². The summed E-state index contributed by atoms with van der Waals surface area (Å²) in [5.74, 6) is 0.0656. The first-order chi connectivity index (χ1) is 15.7. The molecule has 1 aromatic rings. The van der Waals surface area contributed by atoms with Crippen LogP contribution in [-0.4, -0.2) is 28.3 Å². The molecular weight excluding hydrogens is 702 g/mol. The zero-order chi connectivity index (χ0) is 24.7. The fourth-order valence-electron chi connectivity index (χ4n) is 3.93. The van der Waals surface area contributed by atoms with Crippen LogP contribution in [-0.2, 0) is 19.7 Å². The Balaban J connectivity index is 2.65. The van der Waals surface area contributed by atoms with Crippen LogP contribution in [0.1, 0.15) is 117 Å². The highest BCUT2D eigenvalue weighted by atomic mass is 127. The minimum Gasteiger partial charge on any atom is -0.224 e. The molecule has 0 amide bonds. The van der Waals surface area contributed by atoms with Crippen LogP contribution in [0.3, 0.4) is 0 Å². The first-order valence-electron chi connectivity index (χ1n) is 12.6. The van der Waals surface area contributed by atoms with E-state index in [1.807, 2.05) is 45.2 Å². The summed E-state index contributed by atoms with van der Waals surface area (Å²) in [7, 11) is -7.23. The van der Waals surface area contributed by atoms with Crippen LogP contribution in [0.5, 0.6) is 0 Å². The summed E-state index contributed by atoms with van der Waals surface area (Å²) in [6.07, 6.45) is 17.2. The van der Waals surface area contributed by atoms with E-state index in [0.29, 0.717) is 18.6 Å². The molecule has 0 fully saturated rings. The smallest absolute Gasteiger partial charge is 0.181 e. The lowest BCUT2D eigenvalue weighted by atomic mass is 10.1. The van der Waals surface area contributed by atoms with Crippen molar-refractivity contribution < 1.29 is 16.8 Å². The summed E-state index contributed by atoms with van der Waals surface area (Å²) in [6.45, 7) is 4.39. The molecule has 1 aromatic heterocycles. The van der Waals surface area contributed by atoms with E-state index in [1.165, 1.54) is 62.7 Å². The summed E-state index contributed by atoms with van der Waals surface area (Å²) in [4.78, 5) is 0.139. The first kappa shape index (κ1) is 32.1. The van der Waals surface area contributed by atoms with Crippen LogP contribution >= 0.6 is 56.5 Å². The maximum atomic E-state index is 13.1. The van der Waals surface area contributed by atoms with Crippen molar-refractivity contribution in [2.75, 3.05) is 11.5 Å². The molecule has 0 aromatic carbocycles. The van der Waals surface area contributed by atoms with Gasteiger partial charge in [0.05, 0.1) is 17.3 Å². The molecule has 0 aliphatic carbocycles. The van der Waals surface area contributed by atoms with Crippen LogP contribution in [0.15, 0.2) is 9.79 Å². The number of hydrogen-bond donors (Lipinski definition) is 0. The van der Waals surface area contributed by atoms with Gasteiger partial charge in [-0.3, -0.25) is 0 Å². The van der Waals surface area contributed by atoms with Gasteiger partial charge in [0.25, 0.3) is 0 Å². The van der Waals surface area contributed by atoms with Crippen LogP contribution in [0.25, 0.3) is 0 Å². The molecule has 0 aliphatic rings. The Labute approximate surface area is 234 Å². The zero-order valence-electron chi connectivity index (χ0n) is 20.3. The third-order valence-corrected chi connectivity index (χ3v) is 13.9. The van der Waals surface area contributed by atoms with Gasteiger partial charge in [0, 0.05) is 0 Å². The Bertz CT molecular complexity index is 807. The Morgan fingerprint density at radius 2 is 0.788 bits per heavy atom. The number of halogens is 2. The van der Waals surface area contributed by atoms with E-state index < -0.39 is 19.7 Å². The minimum absolute atomic E-state index is 0.0328. The Kier molecular flexibility index (Phi) is 17.0. The van der Waals surface area contributed by atoms with Crippen molar-refractivity contribution >= 4 is 76.2 Å². The molecule has 9 heteroatoms. The van der Waals surface area contributed by atoms with Gasteiger partial charge in [-0.1, -0.05) is 104 Å². The van der Waals surface area contributed by atoms with Gasteiger partial charge < -0.3 is 0 Å². The minimum atomic E-state index is -3.61. The molecule has 1 rings (SSSR count). The molecule has 1 heterocycles. The highest BCUT2D eigenvalue weighted by Crippen LogP contribution is 2.39. The van der Waals surface area contributed by atoms with Gasteiger partial charge in [0.15, 0.2) is 19.7 Å². The van der Waals surface area contributed by atoms with Gasteiger partial charge in [0.1, 0.15) is 9.79 Å². The number of sulfone groups is 2. The molecule has 4 nitrogen and oxygen atoms in total. The van der Waals surface area contributed by atoms with E-state index in [-0.39, 0.29) is 21.3 Å². The lowest BCUT2D eigenvalue weighted by molar-refractivity contribution is 0.565. The normalized spacial score (nSPS) is 12.5. The first-order valence-corrected chi connectivity index (χ1v) is 18.9. The maximum Gasteiger partial charge on any atom is 0.181 e. The molecular formula is C24H42I2O4S3. The quantitative estimate of drug-likeness (QED) is 0.0990. The number of thiophene rings is 1. The number of unbranched alkanes of at least 4 members (excludes halogenated alkanes) is 14. The third kappa shape index (κ3) is 12.2. The van der Waals surface area contributed by atoms with Gasteiger partial charge in [-0.2, -0.15) is 0 Å². The average molecular weight is 745 g/mol. The van der Waals surface area contributed by atoms with Crippen molar-refractivity contribution in [2.45, 2.75) is 126 Å². The van der Waals surface area contributed by atoms with Crippen molar-refractivity contribution in [1.82, 2.24) is 0 Å². The van der Waals surface area contributed by atoms with Crippen LogP contribution in [0.4, 0.5) is 0 Å². The predicted molar refractivity (Wildman–Crippen MR) is 159 cm³/mol. The van der Waals surface area contributed by atoms with Crippen molar-refractivity contribution in [3.63, 3.8) is 0 Å². The summed E-state index contributed by atoms with van der Waals surface area (Å²) in [5.41, 5.74) is 0. The fraction of sp³-hybridized carbons (Fsp3) is 0.833. The van der Waals surface area contributed by atoms with Crippen molar-refractivity contribution in [3.05, 3.63) is 5.77 Å². The van der Waals surface area contributed by atoms with Gasteiger partial charge in [-0.25, -0.2) is 16.8 Å². The van der Waals surface area contributed by atoms with Crippen molar-refractivity contribution in [2.24, 2.45) is 0 Å². The molecule has 0 spiro atoms. The molecule has 0 aliphatic heterocycles. The van der Waals surface area contributed by atoms with Crippen LogP contribution in [0, 0.1) is 5.77 Å². The third-order valence-electron chi connectivity index (χ3n) is 5.90. The van der Waals surface area contributed by atoms with E-state index >= 15 is 0 Å². The predicted octanol–water partition coefficient (Wildman–Crippen LogP) is 8.79. The Morgan fingerprint density at radius 1 is 0.515 bits per heavy atom. The second-order valence-corrected chi connectivity index (χ2v) is 17.6. The molecule has 0 saturated carbocycles. The molecule has 0 unspecified atom stereocenters. The summed E-state index contributed by atoms with van der Waals surface area (Å²) in [6, 6.07) is 0. The SMILES string of the molecule is CCCCCCCCCCS(=O)(=O)c1c(I)sc(I)c1S(=O)(=O)CCCCCCCCCC. The largest absolute Gasteiger partial charge is 0.224 e. The van der Waals surface area contributed by atoms with E-state index in [4.69, 9.17) is 0 Å². The Morgan fingerprint density at radius 3 is 1.09 bits per heavy atom. The molecule has 0 atom stereocenters. The lowest BCUT2D eigenvalue weighted by Gasteiger charge is -2.09. The van der Waals surface area contributed by atoms with Crippen molar-refractivity contribution in [1.29, 1.82) is 0 Å². The standard InChI is InChI=1S/C24H42I2O4S3/c1-3-5-7-9-11-13-15-17-19-32(27,28)21-22(24(26)31-23(21)25)33(29,30)20-18-16-14-12-10-8-6-4-2/h3-20H2,1-2H3. The van der Waals surface area contributed by atoms with Gasteiger partial charge in [0.2, 0.25) is 0 Å². The number of rotatable bonds is 20. The highest BCUT2D eigenvalue weighted by molar-refractivity contribution is 14.1. The fourth-order valence-corrected chi connectivity index (χ4v) is 14.7. The second kappa shape index (κ2) is 17.5. The zero-order valence-corrected chi connectivity index (χ0v) is 27.1. The van der Waals surface area contributed by atoms with Crippen LogP contribution < -0.4 is 0 Å². The van der Waals surface area contributed by atoms with Gasteiger partial charge in [-0.15, -0.1) is 11.3 Å². The molecule has 194 valence electrons. The van der Waals surface area contributed by atoms with Crippen LogP contribution in [0.2, 0.25) is 0 Å². The van der Waals surface area contributed by atoms with E-state index in [2.05, 4.69) is 13.8 Å². The second-order valence-electron chi connectivity index (χ2n) is 8.90. The Hall–Kier alpha value is 1.06. The molecule has 33 heavy (non-hydrogen) atoms. The average Bonchev–Trinajstić information content (AvgIpc) is 3.07.